The van der Waals surface area contributed by atoms with Crippen molar-refractivity contribution in [1.29, 1.82) is 0 Å². The fourth-order valence-electron chi connectivity index (χ4n) is 2.31. The molecule has 1 N–H and O–H groups in total. The van der Waals surface area contributed by atoms with E-state index in [9.17, 15) is 8.42 Å². The summed E-state index contributed by atoms with van der Waals surface area (Å²) in [5.41, 5.74) is 1.05. The molecule has 0 bridgehead atoms. The Morgan fingerprint density at radius 2 is 2.15 bits per heavy atom. The zero-order chi connectivity index (χ0) is 14.9. The summed E-state index contributed by atoms with van der Waals surface area (Å²) in [6.45, 7) is 4.63. The highest BCUT2D eigenvalue weighted by atomic mass is 32.2. The van der Waals surface area contributed by atoms with E-state index in [0.29, 0.717) is 17.5 Å². The van der Waals surface area contributed by atoms with Crippen LogP contribution in [0.1, 0.15) is 44.8 Å². The maximum atomic E-state index is 12.6. The molecule has 0 aromatic carbocycles. The second-order valence-electron chi connectivity index (χ2n) is 5.61. The first kappa shape index (κ1) is 15.5. The van der Waals surface area contributed by atoms with Crippen LogP contribution in [0.5, 0.6) is 0 Å². The summed E-state index contributed by atoms with van der Waals surface area (Å²) in [6, 6.07) is 2.30. The zero-order valence-corrected chi connectivity index (χ0v) is 13.6. The molecule has 1 fully saturated rings. The molecule has 114 valence electrons. The first-order valence-electron chi connectivity index (χ1n) is 7.25. The van der Waals surface area contributed by atoms with Gasteiger partial charge in [-0.3, -0.25) is 0 Å². The van der Waals surface area contributed by atoms with Crippen LogP contribution < -0.4 is 5.32 Å². The average molecular weight is 299 g/mol. The molecule has 0 aliphatic heterocycles. The van der Waals surface area contributed by atoms with Crippen molar-refractivity contribution in [3.8, 4) is 0 Å². The first-order valence-corrected chi connectivity index (χ1v) is 8.69. The van der Waals surface area contributed by atoms with Crippen molar-refractivity contribution in [3.63, 3.8) is 0 Å². The van der Waals surface area contributed by atoms with Crippen LogP contribution in [0.15, 0.2) is 17.2 Å². The van der Waals surface area contributed by atoms with Crippen molar-refractivity contribution < 1.29 is 8.42 Å². The third kappa shape index (κ3) is 2.92. The Morgan fingerprint density at radius 3 is 2.65 bits per heavy atom. The number of nitrogens with zero attached hydrogens (tertiary/aromatic N) is 2. The van der Waals surface area contributed by atoms with Gasteiger partial charge in [-0.2, -0.15) is 4.31 Å². The number of hydrogen-bond acceptors (Lipinski definition) is 3. The van der Waals surface area contributed by atoms with E-state index in [-0.39, 0.29) is 6.04 Å². The van der Waals surface area contributed by atoms with Crippen LogP contribution in [0, 0.1) is 0 Å². The van der Waals surface area contributed by atoms with Crippen molar-refractivity contribution in [2.45, 2.75) is 56.6 Å². The van der Waals surface area contributed by atoms with E-state index in [1.54, 1.807) is 13.2 Å². The molecule has 0 amide bonds. The highest BCUT2D eigenvalue weighted by molar-refractivity contribution is 7.89. The molecule has 5 nitrogen and oxygen atoms in total. The molecule has 1 aliphatic carbocycles. The summed E-state index contributed by atoms with van der Waals surface area (Å²) < 4.78 is 28.9. The van der Waals surface area contributed by atoms with Gasteiger partial charge in [-0.15, -0.1) is 0 Å². The second kappa shape index (κ2) is 5.87. The lowest BCUT2D eigenvalue weighted by Crippen LogP contribution is -2.34. The molecule has 0 radical (unpaired) electrons. The molecular formula is C14H25N3O2S. The van der Waals surface area contributed by atoms with Crippen molar-refractivity contribution >= 4 is 10.0 Å². The first-order chi connectivity index (χ1) is 9.41. The molecule has 1 heterocycles. The number of nitrogens with one attached hydrogen (secondary N) is 1. The van der Waals surface area contributed by atoms with Crippen molar-refractivity contribution in [3.05, 3.63) is 18.0 Å². The van der Waals surface area contributed by atoms with Gasteiger partial charge in [0.15, 0.2) is 0 Å². The summed E-state index contributed by atoms with van der Waals surface area (Å²) in [6.07, 6.45) is 4.90. The van der Waals surface area contributed by atoms with Gasteiger partial charge in [0.25, 0.3) is 0 Å². The van der Waals surface area contributed by atoms with Crippen LogP contribution in [0.2, 0.25) is 0 Å². The van der Waals surface area contributed by atoms with E-state index >= 15 is 0 Å². The Kier molecular flexibility index (Phi) is 4.56. The molecule has 1 unspecified atom stereocenters. The van der Waals surface area contributed by atoms with Gasteiger partial charge in [0.1, 0.15) is 4.90 Å². The molecular weight excluding hydrogens is 274 g/mol. The number of rotatable bonds is 7. The monoisotopic (exact) mass is 299 g/mol. The van der Waals surface area contributed by atoms with E-state index in [4.69, 9.17) is 0 Å². The predicted molar refractivity (Wildman–Crippen MR) is 80.2 cm³/mol. The van der Waals surface area contributed by atoms with Crippen molar-refractivity contribution in [1.82, 2.24) is 14.2 Å². The van der Waals surface area contributed by atoms with Gasteiger partial charge in [0.2, 0.25) is 10.0 Å². The molecule has 1 aromatic rings. The third-order valence-corrected chi connectivity index (χ3v) is 6.03. The highest BCUT2D eigenvalue weighted by Crippen LogP contribution is 2.37. The number of hydrogen-bond donors (Lipinski definition) is 1. The maximum absolute atomic E-state index is 12.6. The predicted octanol–water partition coefficient (Wildman–Crippen LogP) is 1.96. The summed E-state index contributed by atoms with van der Waals surface area (Å²) in [4.78, 5) is 0.414. The van der Waals surface area contributed by atoms with Crippen LogP contribution in [0.25, 0.3) is 0 Å². The smallest absolute Gasteiger partial charge is 0.244 e. The van der Waals surface area contributed by atoms with Crippen LogP contribution in [-0.4, -0.2) is 37.4 Å². The summed E-state index contributed by atoms with van der Waals surface area (Å²) in [5, 5.41) is 3.11. The molecule has 2 rings (SSSR count). The fraction of sp³-hybridized carbons (Fsp3) is 0.714. The van der Waals surface area contributed by atoms with Gasteiger partial charge in [-0.25, -0.2) is 8.42 Å². The molecule has 0 saturated heterocycles. The third-order valence-electron chi connectivity index (χ3n) is 4.09. The van der Waals surface area contributed by atoms with E-state index in [1.165, 1.54) is 4.31 Å². The Hall–Kier alpha value is -0.850. The summed E-state index contributed by atoms with van der Waals surface area (Å²) in [5.74, 6) is 0. The number of sulfonamides is 1. The minimum absolute atomic E-state index is 0.0111. The van der Waals surface area contributed by atoms with Crippen LogP contribution in [0.4, 0.5) is 0 Å². The maximum Gasteiger partial charge on any atom is 0.244 e. The van der Waals surface area contributed by atoms with Crippen molar-refractivity contribution in [2.75, 3.05) is 14.1 Å². The van der Waals surface area contributed by atoms with Gasteiger partial charge in [0.05, 0.1) is 0 Å². The largest absolute Gasteiger partial charge is 0.346 e. The lowest BCUT2D eigenvalue weighted by Gasteiger charge is -2.22. The van der Waals surface area contributed by atoms with Gasteiger partial charge < -0.3 is 9.88 Å². The standard InChI is InChI=1S/C14H25N3O2S/c1-5-11(2)16(4)20(18,19)14-8-13(9-15-3)17(10-14)12-6-7-12/h8,10-12,15H,5-7,9H2,1-4H3. The topological polar surface area (TPSA) is 54.3 Å². The normalized spacial score (nSPS) is 17.6. The molecule has 1 saturated carbocycles. The van der Waals surface area contributed by atoms with Gasteiger partial charge in [-0.1, -0.05) is 6.92 Å². The Labute approximate surface area is 122 Å². The molecule has 20 heavy (non-hydrogen) atoms. The van der Waals surface area contributed by atoms with E-state index in [1.807, 2.05) is 27.0 Å². The lowest BCUT2D eigenvalue weighted by atomic mass is 10.3. The molecule has 1 aliphatic rings. The van der Waals surface area contributed by atoms with Gasteiger partial charge in [0, 0.05) is 37.6 Å². The van der Waals surface area contributed by atoms with Crippen molar-refractivity contribution in [2.24, 2.45) is 0 Å². The van der Waals surface area contributed by atoms with Crippen LogP contribution in [-0.2, 0) is 16.6 Å². The quantitative estimate of drug-likeness (QED) is 0.837. The molecule has 0 spiro atoms. The van der Waals surface area contributed by atoms with Crippen LogP contribution >= 0.6 is 0 Å². The number of aromatic nitrogens is 1. The van der Waals surface area contributed by atoms with Gasteiger partial charge >= 0.3 is 0 Å². The zero-order valence-electron chi connectivity index (χ0n) is 12.8. The summed E-state index contributed by atoms with van der Waals surface area (Å²) >= 11 is 0. The Morgan fingerprint density at radius 1 is 1.50 bits per heavy atom. The lowest BCUT2D eigenvalue weighted by molar-refractivity contribution is 0.380. The van der Waals surface area contributed by atoms with E-state index < -0.39 is 10.0 Å². The second-order valence-corrected chi connectivity index (χ2v) is 7.61. The van der Waals surface area contributed by atoms with Crippen LogP contribution in [0.3, 0.4) is 0 Å². The van der Waals surface area contributed by atoms with Gasteiger partial charge in [-0.05, 0) is 39.3 Å². The summed E-state index contributed by atoms with van der Waals surface area (Å²) in [7, 11) is 0.150. The molecule has 1 aromatic heterocycles. The van der Waals surface area contributed by atoms with E-state index in [2.05, 4.69) is 9.88 Å². The minimum atomic E-state index is -3.39. The molecule has 1 atom stereocenters. The average Bonchev–Trinajstić information content (AvgIpc) is 3.18. The highest BCUT2D eigenvalue weighted by Gasteiger charge is 2.30. The molecule has 6 heteroatoms. The SMILES string of the molecule is CCC(C)N(C)S(=O)(=O)c1cc(CNC)n(C2CC2)c1. The Balaban J connectivity index is 2.34. The Bertz CT molecular complexity index is 561. The fourth-order valence-corrected chi connectivity index (χ4v) is 3.80. The van der Waals surface area contributed by atoms with E-state index in [0.717, 1.165) is 25.0 Å². The minimum Gasteiger partial charge on any atom is -0.346 e.